The maximum absolute atomic E-state index is 5.21. The number of anilines is 1. The molecule has 0 radical (unpaired) electrons. The monoisotopic (exact) mass is 286 g/mol. The van der Waals surface area contributed by atoms with E-state index < -0.39 is 0 Å². The minimum Gasteiger partial charge on any atom is -0.385 e. The van der Waals surface area contributed by atoms with Crippen LogP contribution in [0.2, 0.25) is 0 Å². The zero-order chi connectivity index (χ0) is 13.8. The first-order valence-corrected chi connectivity index (χ1v) is 7.27. The van der Waals surface area contributed by atoms with Crippen molar-refractivity contribution < 1.29 is 4.52 Å². The molecule has 0 aliphatic rings. The Morgan fingerprint density at radius 1 is 1.25 bits per heavy atom. The summed E-state index contributed by atoms with van der Waals surface area (Å²) in [6.07, 6.45) is 0.686. The van der Waals surface area contributed by atoms with E-state index in [9.17, 15) is 0 Å². The third-order valence-electron chi connectivity index (χ3n) is 2.85. The van der Waals surface area contributed by atoms with Gasteiger partial charge in [-0.1, -0.05) is 22.9 Å². The van der Waals surface area contributed by atoms with Crippen molar-refractivity contribution in [2.24, 2.45) is 0 Å². The average Bonchev–Trinajstić information content (AvgIpc) is 3.11. The summed E-state index contributed by atoms with van der Waals surface area (Å²) >= 11 is 1.51. The molecule has 1 aromatic carbocycles. The normalized spacial score (nSPS) is 10.7. The molecule has 20 heavy (non-hydrogen) atoms. The molecule has 2 heterocycles. The molecule has 0 saturated heterocycles. The second-order valence-corrected chi connectivity index (χ2v) is 5.15. The summed E-state index contributed by atoms with van der Waals surface area (Å²) in [6.45, 7) is 2.82. The summed E-state index contributed by atoms with van der Waals surface area (Å²) < 4.78 is 5.21. The lowest BCUT2D eigenvalue weighted by molar-refractivity contribution is 0.381. The largest absolute Gasteiger partial charge is 0.385 e. The molecule has 1 N–H and O–H groups in total. The number of nitrogens with one attached hydrogen (secondary N) is 1. The number of thiazole rings is 1. The number of rotatable bonds is 5. The van der Waals surface area contributed by atoms with Crippen LogP contribution in [0.15, 0.2) is 39.7 Å². The summed E-state index contributed by atoms with van der Waals surface area (Å²) in [6, 6.07) is 8.28. The maximum atomic E-state index is 5.21. The SMILES string of the molecule is Cc1ccc(NCCc2nc(-c3cscn3)no2)cc1. The average molecular weight is 286 g/mol. The predicted molar refractivity (Wildman–Crippen MR) is 78.8 cm³/mol. The molecule has 0 aliphatic carbocycles. The zero-order valence-corrected chi connectivity index (χ0v) is 11.9. The van der Waals surface area contributed by atoms with Crippen LogP contribution >= 0.6 is 11.3 Å². The molecule has 0 aliphatic heterocycles. The smallest absolute Gasteiger partial charge is 0.228 e. The number of benzene rings is 1. The molecule has 3 rings (SSSR count). The molecule has 0 amide bonds. The van der Waals surface area contributed by atoms with Crippen LogP contribution in [0.1, 0.15) is 11.5 Å². The Balaban J connectivity index is 1.55. The second-order valence-electron chi connectivity index (χ2n) is 4.43. The van der Waals surface area contributed by atoms with E-state index in [0.29, 0.717) is 18.1 Å². The van der Waals surface area contributed by atoms with Crippen LogP contribution in [0.25, 0.3) is 11.5 Å². The topological polar surface area (TPSA) is 63.8 Å². The number of aryl methyl sites for hydroxylation is 1. The quantitative estimate of drug-likeness (QED) is 0.780. The van der Waals surface area contributed by atoms with Crippen LogP contribution in [0.4, 0.5) is 5.69 Å². The van der Waals surface area contributed by atoms with Crippen LogP contribution < -0.4 is 5.32 Å². The fraction of sp³-hybridized carbons (Fsp3) is 0.214. The van der Waals surface area contributed by atoms with Gasteiger partial charge in [-0.3, -0.25) is 0 Å². The van der Waals surface area contributed by atoms with E-state index in [1.165, 1.54) is 16.9 Å². The van der Waals surface area contributed by atoms with Crippen LogP contribution in [-0.2, 0) is 6.42 Å². The molecular formula is C14H14N4OS. The van der Waals surface area contributed by atoms with Gasteiger partial charge in [0.05, 0.1) is 5.51 Å². The standard InChI is InChI=1S/C14H14N4OS/c1-10-2-4-11(5-3-10)15-7-6-13-17-14(18-19-13)12-8-20-9-16-12/h2-5,8-9,15H,6-7H2,1H3. The third-order valence-corrected chi connectivity index (χ3v) is 3.44. The Labute approximate surface area is 120 Å². The van der Waals surface area contributed by atoms with Gasteiger partial charge in [-0.2, -0.15) is 4.98 Å². The highest BCUT2D eigenvalue weighted by molar-refractivity contribution is 7.07. The van der Waals surface area contributed by atoms with Crippen molar-refractivity contribution >= 4 is 17.0 Å². The molecule has 0 bridgehead atoms. The lowest BCUT2D eigenvalue weighted by atomic mass is 10.2. The number of nitrogens with zero attached hydrogens (tertiary/aromatic N) is 3. The first-order valence-electron chi connectivity index (χ1n) is 6.33. The molecule has 0 atom stereocenters. The van der Waals surface area contributed by atoms with Gasteiger partial charge in [-0.05, 0) is 19.1 Å². The first kappa shape index (κ1) is 12.8. The van der Waals surface area contributed by atoms with E-state index in [-0.39, 0.29) is 0 Å². The summed E-state index contributed by atoms with van der Waals surface area (Å²) in [5, 5.41) is 9.15. The van der Waals surface area contributed by atoms with Crippen LogP contribution in [0.3, 0.4) is 0 Å². The summed E-state index contributed by atoms with van der Waals surface area (Å²) in [7, 11) is 0. The van der Waals surface area contributed by atoms with Gasteiger partial charge in [0.25, 0.3) is 0 Å². The molecule has 0 spiro atoms. The van der Waals surface area contributed by atoms with Crippen molar-refractivity contribution in [2.75, 3.05) is 11.9 Å². The third kappa shape index (κ3) is 3.03. The first-order chi connectivity index (χ1) is 9.81. The highest BCUT2D eigenvalue weighted by atomic mass is 32.1. The lowest BCUT2D eigenvalue weighted by Gasteiger charge is -2.04. The van der Waals surface area contributed by atoms with Gasteiger partial charge < -0.3 is 9.84 Å². The van der Waals surface area contributed by atoms with E-state index >= 15 is 0 Å². The lowest BCUT2D eigenvalue weighted by Crippen LogP contribution is -2.04. The van der Waals surface area contributed by atoms with Crippen LogP contribution in [-0.4, -0.2) is 21.7 Å². The Bertz CT molecular complexity index is 661. The van der Waals surface area contributed by atoms with E-state index in [2.05, 4.69) is 51.6 Å². The van der Waals surface area contributed by atoms with Gasteiger partial charge in [0.15, 0.2) is 0 Å². The fourth-order valence-electron chi connectivity index (χ4n) is 1.77. The van der Waals surface area contributed by atoms with Crippen molar-refractivity contribution in [3.05, 3.63) is 46.6 Å². The van der Waals surface area contributed by atoms with Crippen molar-refractivity contribution in [2.45, 2.75) is 13.3 Å². The Morgan fingerprint density at radius 2 is 2.10 bits per heavy atom. The number of hydrogen-bond donors (Lipinski definition) is 1. The highest BCUT2D eigenvalue weighted by Gasteiger charge is 2.09. The highest BCUT2D eigenvalue weighted by Crippen LogP contribution is 2.15. The number of aromatic nitrogens is 3. The van der Waals surface area contributed by atoms with Gasteiger partial charge in [-0.25, -0.2) is 4.98 Å². The van der Waals surface area contributed by atoms with Crippen molar-refractivity contribution in [1.82, 2.24) is 15.1 Å². The molecule has 3 aromatic rings. The van der Waals surface area contributed by atoms with Gasteiger partial charge >= 0.3 is 0 Å². The van der Waals surface area contributed by atoms with Gasteiger partial charge in [-0.15, -0.1) is 11.3 Å². The van der Waals surface area contributed by atoms with Gasteiger partial charge in [0, 0.05) is 24.0 Å². The van der Waals surface area contributed by atoms with E-state index in [4.69, 9.17) is 4.52 Å². The van der Waals surface area contributed by atoms with Crippen molar-refractivity contribution in [3.63, 3.8) is 0 Å². The van der Waals surface area contributed by atoms with Crippen molar-refractivity contribution in [3.8, 4) is 11.5 Å². The molecule has 102 valence electrons. The van der Waals surface area contributed by atoms with E-state index in [0.717, 1.165) is 17.9 Å². The predicted octanol–water partition coefficient (Wildman–Crippen LogP) is 3.16. The fourth-order valence-corrected chi connectivity index (χ4v) is 2.30. The maximum Gasteiger partial charge on any atom is 0.228 e. The minimum atomic E-state index is 0.552. The summed E-state index contributed by atoms with van der Waals surface area (Å²) in [4.78, 5) is 8.48. The Hall–Kier alpha value is -2.21. The minimum absolute atomic E-state index is 0.552. The Morgan fingerprint density at radius 3 is 2.85 bits per heavy atom. The molecule has 0 fully saturated rings. The molecule has 2 aromatic heterocycles. The molecular weight excluding hydrogens is 272 g/mol. The number of hydrogen-bond acceptors (Lipinski definition) is 6. The molecule has 0 saturated carbocycles. The summed E-state index contributed by atoms with van der Waals surface area (Å²) in [5.41, 5.74) is 4.86. The molecule has 6 heteroatoms. The van der Waals surface area contributed by atoms with E-state index in [1.54, 1.807) is 5.51 Å². The van der Waals surface area contributed by atoms with Gasteiger partial charge in [0.2, 0.25) is 11.7 Å². The van der Waals surface area contributed by atoms with Crippen molar-refractivity contribution in [1.29, 1.82) is 0 Å². The zero-order valence-electron chi connectivity index (χ0n) is 11.0. The van der Waals surface area contributed by atoms with Gasteiger partial charge in [0.1, 0.15) is 5.69 Å². The van der Waals surface area contributed by atoms with Crippen LogP contribution in [0, 0.1) is 6.92 Å². The second kappa shape index (κ2) is 5.83. The van der Waals surface area contributed by atoms with Crippen LogP contribution in [0.5, 0.6) is 0 Å². The molecule has 0 unspecified atom stereocenters. The summed E-state index contributed by atoms with van der Waals surface area (Å²) in [5.74, 6) is 1.17. The van der Waals surface area contributed by atoms with E-state index in [1.807, 2.05) is 5.38 Å². The Kier molecular flexibility index (Phi) is 3.73. The molecule has 5 nitrogen and oxygen atoms in total.